The van der Waals surface area contributed by atoms with Crippen LogP contribution in [-0.4, -0.2) is 18.3 Å². The van der Waals surface area contributed by atoms with Crippen LogP contribution in [0.25, 0.3) is 0 Å². The molecule has 0 aromatic rings. The number of carbonyl (C=O) groups is 1. The van der Waals surface area contributed by atoms with Gasteiger partial charge in [-0.15, -0.1) is 0 Å². The SMILES string of the molecule is NCC(=O)CCC1CC1(F)F. The Balaban J connectivity index is 2.11. The third-order valence-electron chi connectivity index (χ3n) is 1.96. The van der Waals surface area contributed by atoms with Crippen molar-refractivity contribution in [3.63, 3.8) is 0 Å². The summed E-state index contributed by atoms with van der Waals surface area (Å²) in [5, 5.41) is 0. The molecule has 1 saturated carbocycles. The maximum absolute atomic E-state index is 12.2. The van der Waals surface area contributed by atoms with Crippen LogP contribution in [0.5, 0.6) is 0 Å². The second-order valence-electron chi connectivity index (χ2n) is 2.94. The molecule has 1 fully saturated rings. The van der Waals surface area contributed by atoms with E-state index in [1.807, 2.05) is 0 Å². The average Bonchev–Trinajstić information content (AvgIpc) is 2.54. The minimum Gasteiger partial charge on any atom is -0.324 e. The second-order valence-corrected chi connectivity index (χ2v) is 2.94. The van der Waals surface area contributed by atoms with Crippen LogP contribution in [0.1, 0.15) is 19.3 Å². The topological polar surface area (TPSA) is 43.1 Å². The van der Waals surface area contributed by atoms with Crippen LogP contribution in [0.3, 0.4) is 0 Å². The van der Waals surface area contributed by atoms with Crippen LogP contribution in [0.4, 0.5) is 8.78 Å². The van der Waals surface area contributed by atoms with Gasteiger partial charge in [-0.05, 0) is 6.42 Å². The molecule has 1 aliphatic rings. The van der Waals surface area contributed by atoms with Gasteiger partial charge in [0, 0.05) is 18.8 Å². The zero-order chi connectivity index (χ0) is 8.48. The van der Waals surface area contributed by atoms with Crippen LogP contribution in [0.15, 0.2) is 0 Å². The Morgan fingerprint density at radius 3 is 2.55 bits per heavy atom. The molecule has 1 unspecified atom stereocenters. The van der Waals surface area contributed by atoms with E-state index in [0.29, 0.717) is 6.42 Å². The Morgan fingerprint density at radius 1 is 1.64 bits per heavy atom. The van der Waals surface area contributed by atoms with Crippen molar-refractivity contribution in [2.75, 3.05) is 6.54 Å². The Kier molecular flexibility index (Phi) is 2.23. The smallest absolute Gasteiger partial charge is 0.251 e. The molecule has 0 heterocycles. The summed E-state index contributed by atoms with van der Waals surface area (Å²) in [6.07, 6.45) is 0.449. The molecule has 4 heteroatoms. The van der Waals surface area contributed by atoms with Gasteiger partial charge in [-0.1, -0.05) is 0 Å². The molecule has 0 radical (unpaired) electrons. The van der Waals surface area contributed by atoms with Gasteiger partial charge < -0.3 is 5.73 Å². The van der Waals surface area contributed by atoms with Gasteiger partial charge in [0.2, 0.25) is 0 Å². The molecule has 11 heavy (non-hydrogen) atoms. The fourth-order valence-electron chi connectivity index (χ4n) is 1.02. The molecular formula is C7H11F2NO. The summed E-state index contributed by atoms with van der Waals surface area (Å²) >= 11 is 0. The fourth-order valence-corrected chi connectivity index (χ4v) is 1.02. The van der Waals surface area contributed by atoms with Crippen molar-refractivity contribution in [3.05, 3.63) is 0 Å². The summed E-state index contributed by atoms with van der Waals surface area (Å²) in [6.45, 7) is -0.0295. The van der Waals surface area contributed by atoms with Crippen molar-refractivity contribution < 1.29 is 13.6 Å². The largest absolute Gasteiger partial charge is 0.324 e. The lowest BCUT2D eigenvalue weighted by atomic mass is 10.1. The first kappa shape index (κ1) is 8.59. The maximum Gasteiger partial charge on any atom is 0.251 e. The summed E-state index contributed by atoms with van der Waals surface area (Å²) in [4.78, 5) is 10.6. The quantitative estimate of drug-likeness (QED) is 0.670. The average molecular weight is 163 g/mol. The first-order chi connectivity index (χ1) is 5.06. The van der Waals surface area contributed by atoms with Gasteiger partial charge in [0.25, 0.3) is 5.92 Å². The molecule has 0 spiro atoms. The van der Waals surface area contributed by atoms with Crippen molar-refractivity contribution in [1.29, 1.82) is 0 Å². The van der Waals surface area contributed by atoms with Gasteiger partial charge in [-0.3, -0.25) is 4.79 Å². The Morgan fingerprint density at radius 2 is 2.18 bits per heavy atom. The van der Waals surface area contributed by atoms with Crippen LogP contribution >= 0.6 is 0 Å². The van der Waals surface area contributed by atoms with Crippen LogP contribution in [0.2, 0.25) is 0 Å². The molecular weight excluding hydrogens is 152 g/mol. The molecule has 1 rings (SSSR count). The van der Waals surface area contributed by atoms with E-state index in [2.05, 4.69) is 0 Å². The van der Waals surface area contributed by atoms with Gasteiger partial charge in [-0.25, -0.2) is 8.78 Å². The molecule has 1 aliphatic carbocycles. The third-order valence-corrected chi connectivity index (χ3v) is 1.96. The highest BCUT2D eigenvalue weighted by Gasteiger charge is 2.55. The van der Waals surface area contributed by atoms with Crippen LogP contribution < -0.4 is 5.73 Å². The normalized spacial score (nSPS) is 26.6. The van der Waals surface area contributed by atoms with E-state index in [9.17, 15) is 13.6 Å². The highest BCUT2D eigenvalue weighted by Crippen LogP contribution is 2.51. The molecule has 2 N–H and O–H groups in total. The molecule has 0 aromatic heterocycles. The Labute approximate surface area is 63.8 Å². The Bertz CT molecular complexity index is 170. The number of alkyl halides is 2. The van der Waals surface area contributed by atoms with E-state index in [0.717, 1.165) is 0 Å². The van der Waals surface area contributed by atoms with Crippen LogP contribution in [-0.2, 0) is 4.79 Å². The number of Topliss-reactive ketones (excluding diaryl/α,β-unsaturated/α-hetero) is 1. The summed E-state index contributed by atoms with van der Waals surface area (Å²) in [7, 11) is 0. The van der Waals surface area contributed by atoms with E-state index in [1.165, 1.54) is 0 Å². The first-order valence-corrected chi connectivity index (χ1v) is 3.66. The second kappa shape index (κ2) is 2.85. The molecule has 0 bridgehead atoms. The molecule has 0 aromatic carbocycles. The minimum atomic E-state index is -2.49. The summed E-state index contributed by atoms with van der Waals surface area (Å²) in [5.74, 6) is -3.18. The third kappa shape index (κ3) is 2.22. The number of hydrogen-bond donors (Lipinski definition) is 1. The molecule has 2 nitrogen and oxygen atoms in total. The lowest BCUT2D eigenvalue weighted by molar-refractivity contribution is -0.117. The predicted molar refractivity (Wildman–Crippen MR) is 36.3 cm³/mol. The number of rotatable bonds is 4. The highest BCUT2D eigenvalue weighted by atomic mass is 19.3. The van der Waals surface area contributed by atoms with Gasteiger partial charge in [0.05, 0.1) is 6.54 Å². The van der Waals surface area contributed by atoms with Crippen molar-refractivity contribution in [2.24, 2.45) is 11.7 Å². The predicted octanol–water partition coefficient (Wildman–Crippen LogP) is 0.950. The monoisotopic (exact) mass is 163 g/mol. The van der Waals surface area contributed by atoms with E-state index >= 15 is 0 Å². The lowest BCUT2D eigenvalue weighted by Crippen LogP contribution is -2.13. The number of carbonyl (C=O) groups excluding carboxylic acids is 1. The van der Waals surface area contributed by atoms with Gasteiger partial charge >= 0.3 is 0 Å². The molecule has 1 atom stereocenters. The summed E-state index contributed by atoms with van der Waals surface area (Å²) in [5.41, 5.74) is 5.01. The maximum atomic E-state index is 12.2. The highest BCUT2D eigenvalue weighted by molar-refractivity contribution is 5.80. The molecule has 0 saturated heterocycles. The molecule has 0 amide bonds. The van der Waals surface area contributed by atoms with Gasteiger partial charge in [0.15, 0.2) is 0 Å². The Hall–Kier alpha value is -0.510. The number of hydrogen-bond acceptors (Lipinski definition) is 2. The molecule has 64 valence electrons. The lowest BCUT2D eigenvalue weighted by Gasteiger charge is -1.96. The fraction of sp³-hybridized carbons (Fsp3) is 0.857. The summed E-state index contributed by atoms with van der Waals surface area (Å²) < 4.78 is 24.4. The van der Waals surface area contributed by atoms with Gasteiger partial charge in [-0.2, -0.15) is 0 Å². The standard InChI is InChI=1S/C7H11F2NO/c8-7(9)3-5(7)1-2-6(11)4-10/h5H,1-4,10H2. The van der Waals surface area contributed by atoms with E-state index in [4.69, 9.17) is 5.73 Å². The number of ketones is 1. The van der Waals surface area contributed by atoms with E-state index in [1.54, 1.807) is 0 Å². The number of halogens is 2. The first-order valence-electron chi connectivity index (χ1n) is 3.66. The zero-order valence-corrected chi connectivity index (χ0v) is 6.15. The zero-order valence-electron chi connectivity index (χ0n) is 6.15. The van der Waals surface area contributed by atoms with Crippen LogP contribution in [0, 0.1) is 5.92 Å². The van der Waals surface area contributed by atoms with E-state index < -0.39 is 11.8 Å². The van der Waals surface area contributed by atoms with E-state index in [-0.39, 0.29) is 25.2 Å². The van der Waals surface area contributed by atoms with Crippen molar-refractivity contribution in [1.82, 2.24) is 0 Å². The number of nitrogens with two attached hydrogens (primary N) is 1. The summed E-state index contributed by atoms with van der Waals surface area (Å²) in [6, 6.07) is 0. The van der Waals surface area contributed by atoms with Gasteiger partial charge in [0.1, 0.15) is 5.78 Å². The minimum absolute atomic E-state index is 0.0295. The van der Waals surface area contributed by atoms with Crippen molar-refractivity contribution >= 4 is 5.78 Å². The molecule has 0 aliphatic heterocycles. The van der Waals surface area contributed by atoms with Crippen molar-refractivity contribution in [2.45, 2.75) is 25.2 Å². The van der Waals surface area contributed by atoms with Crippen molar-refractivity contribution in [3.8, 4) is 0 Å².